The van der Waals surface area contributed by atoms with Gasteiger partial charge in [-0.25, -0.2) is 4.98 Å². The Labute approximate surface area is 119 Å². The number of nitrogens with zero attached hydrogens (tertiary/aromatic N) is 3. The molecule has 6 nitrogen and oxygen atoms in total. The van der Waals surface area contributed by atoms with Gasteiger partial charge in [-0.15, -0.1) is 11.3 Å². The Morgan fingerprint density at radius 3 is 2.85 bits per heavy atom. The summed E-state index contributed by atoms with van der Waals surface area (Å²) in [5.41, 5.74) is 1.66. The Bertz CT molecular complexity index is 703. The van der Waals surface area contributed by atoms with E-state index in [1.165, 1.54) is 29.5 Å². The van der Waals surface area contributed by atoms with Gasteiger partial charge >= 0.3 is 0 Å². The number of non-ortho nitro benzene ring substituents is 1. The maximum absolute atomic E-state index is 10.7. The van der Waals surface area contributed by atoms with E-state index in [0.717, 1.165) is 17.0 Å². The molecule has 0 saturated carbocycles. The van der Waals surface area contributed by atoms with Crippen LogP contribution in [0.15, 0.2) is 18.2 Å². The number of aromatic nitrogens is 1. The molecule has 1 aromatic heterocycles. The van der Waals surface area contributed by atoms with E-state index in [1.54, 1.807) is 0 Å². The number of rotatable bonds is 4. The molecule has 1 aromatic carbocycles. The second-order valence-electron chi connectivity index (χ2n) is 4.10. The first-order chi connectivity index (χ1) is 9.55. The molecule has 0 atom stereocenters. The van der Waals surface area contributed by atoms with E-state index in [-0.39, 0.29) is 11.3 Å². The molecule has 0 fully saturated rings. The van der Waals surface area contributed by atoms with Gasteiger partial charge in [0.1, 0.15) is 6.07 Å². The molecule has 0 amide bonds. The van der Waals surface area contributed by atoms with Gasteiger partial charge in [0.05, 0.1) is 21.9 Å². The van der Waals surface area contributed by atoms with Crippen LogP contribution in [0.1, 0.15) is 23.1 Å². The van der Waals surface area contributed by atoms with Crippen LogP contribution in [0, 0.1) is 28.4 Å². The topological polar surface area (TPSA) is 91.8 Å². The lowest BCUT2D eigenvalue weighted by atomic mass is 10.2. The standard InChI is InChI=1S/C13H12N4O2S/c1-3-11-8(2)20-13(15-11)16-12-5-4-10(17(18)19)6-9(12)7-14/h4-6H,3H2,1-2H3,(H,15,16). The van der Waals surface area contributed by atoms with Crippen molar-refractivity contribution < 1.29 is 4.92 Å². The van der Waals surface area contributed by atoms with Crippen molar-refractivity contribution in [3.05, 3.63) is 44.4 Å². The maximum atomic E-state index is 10.7. The highest BCUT2D eigenvalue weighted by atomic mass is 32.1. The number of nitro groups is 1. The van der Waals surface area contributed by atoms with E-state index in [0.29, 0.717) is 10.8 Å². The average molecular weight is 288 g/mol. The molecular formula is C13H12N4O2S. The fourth-order valence-corrected chi connectivity index (χ4v) is 2.69. The summed E-state index contributed by atoms with van der Waals surface area (Å²) in [7, 11) is 0. The van der Waals surface area contributed by atoms with Crippen molar-refractivity contribution in [2.45, 2.75) is 20.3 Å². The van der Waals surface area contributed by atoms with E-state index in [4.69, 9.17) is 5.26 Å². The molecule has 0 aliphatic carbocycles. The molecule has 1 N–H and O–H groups in total. The summed E-state index contributed by atoms with van der Waals surface area (Å²) in [5, 5.41) is 23.5. The number of thiazole rings is 1. The first kappa shape index (κ1) is 14.0. The third kappa shape index (κ3) is 2.75. The zero-order valence-electron chi connectivity index (χ0n) is 11.0. The normalized spacial score (nSPS) is 10.1. The number of benzene rings is 1. The Kier molecular flexibility index (Phi) is 3.96. The molecule has 0 saturated heterocycles. The SMILES string of the molecule is CCc1nc(Nc2ccc([N+](=O)[O-])cc2C#N)sc1C. The van der Waals surface area contributed by atoms with Crippen LogP contribution in [-0.4, -0.2) is 9.91 Å². The van der Waals surface area contributed by atoms with Crippen LogP contribution in [0.5, 0.6) is 0 Å². The number of anilines is 2. The number of hydrogen-bond acceptors (Lipinski definition) is 6. The molecule has 0 unspecified atom stereocenters. The fraction of sp³-hybridized carbons (Fsp3) is 0.231. The predicted octanol–water partition coefficient (Wildman–Crippen LogP) is 3.54. The second-order valence-corrected chi connectivity index (χ2v) is 5.30. The van der Waals surface area contributed by atoms with Gasteiger partial charge < -0.3 is 5.32 Å². The number of nitrogens with one attached hydrogen (secondary N) is 1. The van der Waals surface area contributed by atoms with Crippen LogP contribution in [-0.2, 0) is 6.42 Å². The number of nitriles is 1. The minimum Gasteiger partial charge on any atom is -0.330 e. The lowest BCUT2D eigenvalue weighted by molar-refractivity contribution is -0.384. The molecule has 0 radical (unpaired) electrons. The van der Waals surface area contributed by atoms with Gasteiger partial charge in [0.25, 0.3) is 5.69 Å². The van der Waals surface area contributed by atoms with Gasteiger partial charge in [-0.05, 0) is 19.4 Å². The first-order valence-electron chi connectivity index (χ1n) is 5.97. The molecule has 0 aliphatic heterocycles. The summed E-state index contributed by atoms with van der Waals surface area (Å²) in [6.45, 7) is 4.02. The Balaban J connectivity index is 2.33. The molecule has 0 aliphatic rings. The molecule has 0 bridgehead atoms. The van der Waals surface area contributed by atoms with E-state index in [9.17, 15) is 10.1 Å². The minimum absolute atomic E-state index is 0.100. The molecule has 7 heteroatoms. The zero-order valence-corrected chi connectivity index (χ0v) is 11.8. The summed E-state index contributed by atoms with van der Waals surface area (Å²) in [4.78, 5) is 15.7. The van der Waals surface area contributed by atoms with Crippen molar-refractivity contribution in [2.75, 3.05) is 5.32 Å². The number of nitro benzene ring substituents is 1. The average Bonchev–Trinajstić information content (AvgIpc) is 2.79. The van der Waals surface area contributed by atoms with Crippen molar-refractivity contribution in [1.29, 1.82) is 5.26 Å². The van der Waals surface area contributed by atoms with Gasteiger partial charge in [0, 0.05) is 17.0 Å². The Morgan fingerprint density at radius 2 is 2.30 bits per heavy atom. The van der Waals surface area contributed by atoms with Gasteiger partial charge in [-0.1, -0.05) is 6.92 Å². The van der Waals surface area contributed by atoms with Crippen molar-refractivity contribution in [2.24, 2.45) is 0 Å². The van der Waals surface area contributed by atoms with Gasteiger partial charge in [-0.3, -0.25) is 10.1 Å². The molecule has 0 spiro atoms. The van der Waals surface area contributed by atoms with Crippen LogP contribution in [0.2, 0.25) is 0 Å². The van der Waals surface area contributed by atoms with Crippen LogP contribution in [0.3, 0.4) is 0 Å². The van der Waals surface area contributed by atoms with Crippen LogP contribution in [0.4, 0.5) is 16.5 Å². The summed E-state index contributed by atoms with van der Waals surface area (Å²) in [5.74, 6) is 0. The highest BCUT2D eigenvalue weighted by Crippen LogP contribution is 2.28. The largest absolute Gasteiger partial charge is 0.330 e. The van der Waals surface area contributed by atoms with Gasteiger partial charge in [0.15, 0.2) is 5.13 Å². The number of hydrogen-bond donors (Lipinski definition) is 1. The van der Waals surface area contributed by atoms with Crippen LogP contribution >= 0.6 is 11.3 Å². The molecule has 2 rings (SSSR count). The van der Waals surface area contributed by atoms with E-state index in [1.807, 2.05) is 19.9 Å². The quantitative estimate of drug-likeness (QED) is 0.686. The summed E-state index contributed by atoms with van der Waals surface area (Å²) in [6, 6.07) is 6.10. The van der Waals surface area contributed by atoms with Crippen LogP contribution in [0.25, 0.3) is 0 Å². The molecule has 102 valence electrons. The molecular weight excluding hydrogens is 276 g/mol. The highest BCUT2D eigenvalue weighted by Gasteiger charge is 2.12. The smallest absolute Gasteiger partial charge is 0.270 e. The summed E-state index contributed by atoms with van der Waals surface area (Å²) in [6.07, 6.45) is 0.843. The van der Waals surface area contributed by atoms with Crippen LogP contribution < -0.4 is 5.32 Å². The highest BCUT2D eigenvalue weighted by molar-refractivity contribution is 7.15. The first-order valence-corrected chi connectivity index (χ1v) is 6.78. The molecule has 20 heavy (non-hydrogen) atoms. The Hall–Kier alpha value is -2.46. The van der Waals surface area contributed by atoms with Gasteiger partial charge in [-0.2, -0.15) is 5.26 Å². The van der Waals surface area contributed by atoms with Gasteiger partial charge in [0.2, 0.25) is 0 Å². The molecule has 1 heterocycles. The predicted molar refractivity (Wildman–Crippen MR) is 77.3 cm³/mol. The Morgan fingerprint density at radius 1 is 1.55 bits per heavy atom. The van der Waals surface area contributed by atoms with E-state index >= 15 is 0 Å². The van der Waals surface area contributed by atoms with Crippen molar-refractivity contribution in [3.63, 3.8) is 0 Å². The summed E-state index contributed by atoms with van der Waals surface area (Å²) < 4.78 is 0. The van der Waals surface area contributed by atoms with Crippen molar-refractivity contribution in [1.82, 2.24) is 4.98 Å². The van der Waals surface area contributed by atoms with E-state index < -0.39 is 4.92 Å². The lowest BCUT2D eigenvalue weighted by Crippen LogP contribution is -1.96. The number of aryl methyl sites for hydroxylation is 2. The molecule has 2 aromatic rings. The lowest BCUT2D eigenvalue weighted by Gasteiger charge is -2.04. The second kappa shape index (κ2) is 5.67. The van der Waals surface area contributed by atoms with E-state index in [2.05, 4.69) is 10.3 Å². The minimum atomic E-state index is -0.520. The van der Waals surface area contributed by atoms with Crippen molar-refractivity contribution >= 4 is 27.8 Å². The summed E-state index contributed by atoms with van der Waals surface area (Å²) >= 11 is 1.50. The zero-order chi connectivity index (χ0) is 14.7. The maximum Gasteiger partial charge on any atom is 0.270 e. The third-order valence-corrected chi connectivity index (χ3v) is 3.73. The third-order valence-electron chi connectivity index (χ3n) is 2.80. The fourth-order valence-electron chi connectivity index (χ4n) is 1.77. The van der Waals surface area contributed by atoms with Crippen molar-refractivity contribution in [3.8, 4) is 6.07 Å². The monoisotopic (exact) mass is 288 g/mol.